The molecule has 19 heavy (non-hydrogen) atoms. The van der Waals surface area contributed by atoms with E-state index in [-0.39, 0.29) is 0 Å². The Hall–Kier alpha value is 0.137. The third kappa shape index (κ3) is 4.05. The summed E-state index contributed by atoms with van der Waals surface area (Å²) in [4.78, 5) is 0. The zero-order valence-electron chi connectivity index (χ0n) is 12.8. The molecule has 0 heterocycles. The molecule has 0 amide bonds. The van der Waals surface area contributed by atoms with Crippen LogP contribution in [0.2, 0.25) is 5.54 Å². The summed E-state index contributed by atoms with van der Waals surface area (Å²) in [6.07, 6.45) is 15.1. The Morgan fingerprint density at radius 3 is 1.74 bits per heavy atom. The molecule has 0 N–H and O–H groups in total. The van der Waals surface area contributed by atoms with Crippen molar-refractivity contribution in [3.05, 3.63) is 6.04 Å². The minimum Gasteiger partial charge on any atom is -0.397 e. The lowest BCUT2D eigenvalue weighted by Crippen LogP contribution is -2.48. The highest BCUT2D eigenvalue weighted by molar-refractivity contribution is 6.72. The Kier molecular flexibility index (Phi) is 6.37. The molecule has 2 rings (SSSR count). The van der Waals surface area contributed by atoms with Crippen LogP contribution in [-0.4, -0.2) is 22.8 Å². The van der Waals surface area contributed by atoms with E-state index in [1.165, 1.54) is 70.6 Å². The van der Waals surface area contributed by atoms with Gasteiger partial charge in [0.1, 0.15) is 0 Å². The van der Waals surface area contributed by atoms with Crippen LogP contribution in [0.15, 0.2) is 0 Å². The largest absolute Gasteiger partial charge is 0.397 e. The van der Waals surface area contributed by atoms with E-state index in [1.54, 1.807) is 0 Å². The number of rotatable bonds is 5. The molecule has 0 bridgehead atoms. The van der Waals surface area contributed by atoms with Crippen molar-refractivity contribution in [1.82, 2.24) is 0 Å². The van der Waals surface area contributed by atoms with Crippen molar-refractivity contribution in [2.24, 2.45) is 5.92 Å². The summed E-state index contributed by atoms with van der Waals surface area (Å²) in [6, 6.07) is 2.56. The summed E-state index contributed by atoms with van der Waals surface area (Å²) in [5, 5.41) is 0. The van der Waals surface area contributed by atoms with Gasteiger partial charge in [-0.15, -0.1) is 0 Å². The predicted molar refractivity (Wildman–Crippen MR) is 82.1 cm³/mol. The molecule has 0 aromatic rings. The van der Waals surface area contributed by atoms with Crippen LogP contribution in [0.1, 0.15) is 70.6 Å². The van der Waals surface area contributed by atoms with Crippen LogP contribution in [0.4, 0.5) is 0 Å². The first kappa shape index (κ1) is 15.5. The monoisotopic (exact) mass is 283 g/mol. The fraction of sp³-hybridized carbons (Fsp3) is 0.938. The molecular formula is C16H31O2Si. The molecule has 2 aliphatic carbocycles. The van der Waals surface area contributed by atoms with Crippen LogP contribution < -0.4 is 0 Å². The second kappa shape index (κ2) is 7.80. The quantitative estimate of drug-likeness (QED) is 0.534. The summed E-state index contributed by atoms with van der Waals surface area (Å²) in [6.45, 7) is 0. The average molecular weight is 284 g/mol. The van der Waals surface area contributed by atoms with Gasteiger partial charge in [0.25, 0.3) is 0 Å². The molecular weight excluding hydrogens is 252 g/mol. The Balaban J connectivity index is 1.99. The van der Waals surface area contributed by atoms with Crippen LogP contribution in [0.25, 0.3) is 0 Å². The van der Waals surface area contributed by atoms with E-state index in [9.17, 15) is 0 Å². The molecule has 2 nitrogen and oxygen atoms in total. The molecule has 0 atom stereocenters. The van der Waals surface area contributed by atoms with Crippen LogP contribution in [0.5, 0.6) is 0 Å². The van der Waals surface area contributed by atoms with Crippen LogP contribution in [0, 0.1) is 12.0 Å². The predicted octanol–water partition coefficient (Wildman–Crippen LogP) is 4.77. The molecule has 3 heteroatoms. The summed E-state index contributed by atoms with van der Waals surface area (Å²) < 4.78 is 12.1. The lowest BCUT2D eigenvalue weighted by atomic mass is 10.0. The van der Waals surface area contributed by atoms with Crippen LogP contribution in [0.3, 0.4) is 0 Å². The van der Waals surface area contributed by atoms with Gasteiger partial charge in [-0.05, 0) is 18.8 Å². The molecule has 2 fully saturated rings. The first-order valence-electron chi connectivity index (χ1n) is 8.27. The lowest BCUT2D eigenvalue weighted by molar-refractivity contribution is 0.219. The molecule has 111 valence electrons. The van der Waals surface area contributed by atoms with E-state index < -0.39 is 8.56 Å². The van der Waals surface area contributed by atoms with E-state index in [1.807, 2.05) is 14.2 Å². The summed E-state index contributed by atoms with van der Waals surface area (Å²) in [7, 11) is 1.70. The van der Waals surface area contributed by atoms with Crippen LogP contribution in [-0.2, 0) is 8.85 Å². The maximum Gasteiger partial charge on any atom is 0.344 e. The molecule has 0 saturated heterocycles. The first-order valence-corrected chi connectivity index (χ1v) is 10.2. The van der Waals surface area contributed by atoms with Crippen molar-refractivity contribution in [2.75, 3.05) is 14.2 Å². The number of hydrogen-bond donors (Lipinski definition) is 0. The van der Waals surface area contributed by atoms with Crippen molar-refractivity contribution in [1.29, 1.82) is 0 Å². The second-order valence-corrected chi connectivity index (χ2v) is 9.79. The van der Waals surface area contributed by atoms with Crippen molar-refractivity contribution in [2.45, 2.75) is 76.2 Å². The highest BCUT2D eigenvalue weighted by atomic mass is 28.4. The van der Waals surface area contributed by atoms with Crippen molar-refractivity contribution in [3.63, 3.8) is 0 Å². The van der Waals surface area contributed by atoms with E-state index in [0.717, 1.165) is 5.92 Å². The Morgan fingerprint density at radius 1 is 0.737 bits per heavy atom. The summed E-state index contributed by atoms with van der Waals surface area (Å²) in [5.41, 5.74) is 0.694. The standard InChI is InChI=1S/C16H31O2Si/c1-17-19(18-2,16-12-8-5-9-13-16)14-15-10-6-3-4-7-11-15/h14-16H,3-13H2,1-2H3. The number of hydrogen-bond acceptors (Lipinski definition) is 2. The zero-order valence-corrected chi connectivity index (χ0v) is 13.8. The fourth-order valence-corrected chi connectivity index (χ4v) is 7.58. The Morgan fingerprint density at radius 2 is 1.21 bits per heavy atom. The van der Waals surface area contributed by atoms with Gasteiger partial charge in [0.2, 0.25) is 0 Å². The highest BCUT2D eigenvalue weighted by Crippen LogP contribution is 2.42. The molecule has 0 aromatic heterocycles. The SMILES string of the molecule is CO[Si]([CH]C1CCCCCC1)(OC)C1CCCCC1. The first-order chi connectivity index (χ1) is 9.30. The van der Waals surface area contributed by atoms with Gasteiger partial charge in [0.05, 0.1) is 0 Å². The van der Waals surface area contributed by atoms with Gasteiger partial charge in [-0.2, -0.15) is 0 Å². The fourth-order valence-electron chi connectivity index (χ4n) is 4.00. The zero-order chi connectivity index (χ0) is 13.6. The summed E-state index contributed by atoms with van der Waals surface area (Å²) in [5.74, 6) is 0.746. The maximum atomic E-state index is 6.03. The third-order valence-corrected chi connectivity index (χ3v) is 9.11. The normalized spacial score (nSPS) is 24.3. The topological polar surface area (TPSA) is 18.5 Å². The molecule has 2 aliphatic rings. The van der Waals surface area contributed by atoms with E-state index in [2.05, 4.69) is 6.04 Å². The Labute approximate surface area is 120 Å². The maximum absolute atomic E-state index is 6.03. The highest BCUT2D eigenvalue weighted by Gasteiger charge is 2.46. The van der Waals surface area contributed by atoms with Crippen LogP contribution >= 0.6 is 0 Å². The van der Waals surface area contributed by atoms with E-state index in [0.29, 0.717) is 5.54 Å². The smallest absolute Gasteiger partial charge is 0.344 e. The van der Waals surface area contributed by atoms with Gasteiger partial charge in [0, 0.05) is 25.8 Å². The van der Waals surface area contributed by atoms with Gasteiger partial charge < -0.3 is 8.85 Å². The van der Waals surface area contributed by atoms with Gasteiger partial charge >= 0.3 is 8.56 Å². The molecule has 0 aromatic carbocycles. The average Bonchev–Trinajstić information content (AvgIpc) is 2.74. The van der Waals surface area contributed by atoms with E-state index >= 15 is 0 Å². The third-order valence-electron chi connectivity index (χ3n) is 5.18. The molecule has 0 aliphatic heterocycles. The molecule has 2 saturated carbocycles. The molecule has 0 unspecified atom stereocenters. The van der Waals surface area contributed by atoms with Gasteiger partial charge in [-0.1, -0.05) is 57.8 Å². The minimum absolute atomic E-state index is 0.694. The molecule has 0 spiro atoms. The van der Waals surface area contributed by atoms with Crippen molar-refractivity contribution >= 4 is 8.56 Å². The Bertz CT molecular complexity index is 239. The van der Waals surface area contributed by atoms with E-state index in [4.69, 9.17) is 8.85 Å². The summed E-state index contributed by atoms with van der Waals surface area (Å²) >= 11 is 0. The van der Waals surface area contributed by atoms with Crippen molar-refractivity contribution < 1.29 is 8.85 Å². The van der Waals surface area contributed by atoms with Gasteiger partial charge in [-0.3, -0.25) is 0 Å². The minimum atomic E-state index is -2.08. The molecule has 1 radical (unpaired) electrons. The van der Waals surface area contributed by atoms with Gasteiger partial charge in [0.15, 0.2) is 0 Å². The van der Waals surface area contributed by atoms with Gasteiger partial charge in [-0.25, -0.2) is 0 Å². The second-order valence-electron chi connectivity index (χ2n) is 6.38. The lowest BCUT2D eigenvalue weighted by Gasteiger charge is -2.39. The van der Waals surface area contributed by atoms with Crippen molar-refractivity contribution in [3.8, 4) is 0 Å².